The first-order valence-corrected chi connectivity index (χ1v) is 5.27. The first-order chi connectivity index (χ1) is 7.16. The van der Waals surface area contributed by atoms with Gasteiger partial charge in [0.15, 0.2) is 0 Å². The van der Waals surface area contributed by atoms with Crippen LogP contribution < -0.4 is 5.73 Å². The van der Waals surface area contributed by atoms with Gasteiger partial charge in [-0.05, 0) is 39.5 Å². The van der Waals surface area contributed by atoms with Crippen molar-refractivity contribution in [2.75, 3.05) is 20.6 Å². The highest BCUT2D eigenvalue weighted by Crippen LogP contribution is 2.25. The van der Waals surface area contributed by atoms with Crippen LogP contribution in [0.1, 0.15) is 24.4 Å². The minimum absolute atomic E-state index is 0.120. The molecule has 2 N–H and O–H groups in total. The molecule has 0 bridgehead atoms. The maximum Gasteiger partial charge on any atom is 0.127 e. The highest BCUT2D eigenvalue weighted by Gasteiger charge is 2.16. The van der Waals surface area contributed by atoms with Gasteiger partial charge in [-0.15, -0.1) is 0 Å². The van der Waals surface area contributed by atoms with Crippen molar-refractivity contribution in [2.45, 2.75) is 18.9 Å². The highest BCUT2D eigenvalue weighted by molar-refractivity contribution is 5.21. The molecule has 0 spiro atoms. The third-order valence-electron chi connectivity index (χ3n) is 2.57. The van der Waals surface area contributed by atoms with Gasteiger partial charge < -0.3 is 10.6 Å². The second kappa shape index (κ2) is 5.83. The molecule has 1 aromatic rings. The van der Waals surface area contributed by atoms with Gasteiger partial charge in [0, 0.05) is 11.6 Å². The zero-order valence-corrected chi connectivity index (χ0v) is 9.41. The summed E-state index contributed by atoms with van der Waals surface area (Å²) in [5.41, 5.74) is 6.24. The first kappa shape index (κ1) is 12.1. The first-order valence-electron chi connectivity index (χ1n) is 5.27. The van der Waals surface area contributed by atoms with Gasteiger partial charge in [-0.3, -0.25) is 0 Å². The Bertz CT molecular complexity index is 299. The van der Waals surface area contributed by atoms with Crippen LogP contribution in [0.2, 0.25) is 0 Å². The molecule has 1 aromatic carbocycles. The normalized spacial score (nSPS) is 13.1. The fraction of sp³-hybridized carbons (Fsp3) is 0.500. The SMILES string of the molecule is CN(C)C(CCCN)c1ccccc1F. The summed E-state index contributed by atoms with van der Waals surface area (Å²) in [5, 5.41) is 0. The van der Waals surface area contributed by atoms with Crippen LogP contribution in [0.15, 0.2) is 24.3 Å². The molecule has 84 valence electrons. The predicted molar refractivity (Wildman–Crippen MR) is 61.1 cm³/mol. The summed E-state index contributed by atoms with van der Waals surface area (Å²) in [6.07, 6.45) is 1.81. The summed E-state index contributed by atoms with van der Waals surface area (Å²) in [5.74, 6) is -0.131. The molecule has 0 aliphatic carbocycles. The van der Waals surface area contributed by atoms with E-state index in [1.807, 2.05) is 31.1 Å². The molecule has 0 saturated heterocycles. The highest BCUT2D eigenvalue weighted by atomic mass is 19.1. The van der Waals surface area contributed by atoms with E-state index < -0.39 is 0 Å². The van der Waals surface area contributed by atoms with Crippen molar-refractivity contribution in [3.05, 3.63) is 35.6 Å². The second-order valence-corrected chi connectivity index (χ2v) is 3.93. The lowest BCUT2D eigenvalue weighted by molar-refractivity contribution is 0.273. The fourth-order valence-electron chi connectivity index (χ4n) is 1.75. The molecule has 1 rings (SSSR count). The van der Waals surface area contributed by atoms with Gasteiger partial charge in [0.2, 0.25) is 0 Å². The van der Waals surface area contributed by atoms with E-state index in [9.17, 15) is 4.39 Å². The van der Waals surface area contributed by atoms with E-state index in [1.54, 1.807) is 6.07 Å². The Balaban J connectivity index is 2.84. The number of halogens is 1. The molecule has 0 aliphatic heterocycles. The van der Waals surface area contributed by atoms with Crippen LogP contribution in [0.4, 0.5) is 4.39 Å². The van der Waals surface area contributed by atoms with E-state index in [1.165, 1.54) is 6.07 Å². The van der Waals surface area contributed by atoms with Crippen LogP contribution in [0.3, 0.4) is 0 Å². The van der Waals surface area contributed by atoms with E-state index in [0.29, 0.717) is 6.54 Å². The molecule has 0 aliphatic rings. The summed E-state index contributed by atoms with van der Waals surface area (Å²) in [6, 6.07) is 7.06. The van der Waals surface area contributed by atoms with E-state index in [4.69, 9.17) is 5.73 Å². The van der Waals surface area contributed by atoms with Crippen LogP contribution in [0.25, 0.3) is 0 Å². The third-order valence-corrected chi connectivity index (χ3v) is 2.57. The molecule has 0 fully saturated rings. The summed E-state index contributed by atoms with van der Waals surface area (Å²) < 4.78 is 13.6. The summed E-state index contributed by atoms with van der Waals surface area (Å²) in [6.45, 7) is 0.652. The maximum atomic E-state index is 13.6. The number of benzene rings is 1. The lowest BCUT2D eigenvalue weighted by Gasteiger charge is -2.24. The van der Waals surface area contributed by atoms with Crippen molar-refractivity contribution in [1.29, 1.82) is 0 Å². The van der Waals surface area contributed by atoms with Crippen molar-refractivity contribution in [3.63, 3.8) is 0 Å². The van der Waals surface area contributed by atoms with E-state index in [2.05, 4.69) is 0 Å². The number of hydrogen-bond donors (Lipinski definition) is 1. The van der Waals surface area contributed by atoms with Crippen molar-refractivity contribution in [2.24, 2.45) is 5.73 Å². The van der Waals surface area contributed by atoms with Crippen LogP contribution in [0, 0.1) is 5.82 Å². The number of nitrogens with zero attached hydrogens (tertiary/aromatic N) is 1. The van der Waals surface area contributed by atoms with Crippen LogP contribution in [-0.2, 0) is 0 Å². The predicted octanol–water partition coefficient (Wildman–Crippen LogP) is 2.17. The minimum atomic E-state index is -0.131. The molecule has 0 aromatic heterocycles. The largest absolute Gasteiger partial charge is 0.330 e. The lowest BCUT2D eigenvalue weighted by Crippen LogP contribution is -2.21. The zero-order valence-electron chi connectivity index (χ0n) is 9.41. The Morgan fingerprint density at radius 3 is 2.53 bits per heavy atom. The Morgan fingerprint density at radius 2 is 2.00 bits per heavy atom. The molecule has 3 heteroatoms. The molecular formula is C12H19FN2. The average molecular weight is 210 g/mol. The minimum Gasteiger partial charge on any atom is -0.330 e. The van der Waals surface area contributed by atoms with Gasteiger partial charge in [-0.2, -0.15) is 0 Å². The van der Waals surface area contributed by atoms with Crippen LogP contribution in [-0.4, -0.2) is 25.5 Å². The van der Waals surface area contributed by atoms with Gasteiger partial charge >= 0.3 is 0 Å². The zero-order chi connectivity index (χ0) is 11.3. The van der Waals surface area contributed by atoms with Crippen LogP contribution in [0.5, 0.6) is 0 Å². The molecule has 1 atom stereocenters. The molecule has 0 saturated carbocycles. The molecule has 1 unspecified atom stereocenters. The van der Waals surface area contributed by atoms with Gasteiger partial charge in [0.1, 0.15) is 5.82 Å². The maximum absolute atomic E-state index is 13.6. The van der Waals surface area contributed by atoms with Gasteiger partial charge in [0.05, 0.1) is 0 Å². The quantitative estimate of drug-likeness (QED) is 0.807. The molecule has 0 amide bonds. The van der Waals surface area contributed by atoms with Crippen molar-refractivity contribution in [1.82, 2.24) is 4.90 Å². The Kier molecular flexibility index (Phi) is 4.72. The average Bonchev–Trinajstić information content (AvgIpc) is 2.20. The van der Waals surface area contributed by atoms with Gasteiger partial charge in [-0.25, -0.2) is 4.39 Å². The monoisotopic (exact) mass is 210 g/mol. The van der Waals surface area contributed by atoms with Crippen LogP contribution >= 0.6 is 0 Å². The van der Waals surface area contributed by atoms with Crippen molar-refractivity contribution in [3.8, 4) is 0 Å². The molecule has 15 heavy (non-hydrogen) atoms. The van der Waals surface area contributed by atoms with E-state index >= 15 is 0 Å². The Labute approximate surface area is 90.9 Å². The number of hydrogen-bond acceptors (Lipinski definition) is 2. The molecule has 0 radical (unpaired) electrons. The topological polar surface area (TPSA) is 29.3 Å². The van der Waals surface area contributed by atoms with Gasteiger partial charge in [0.25, 0.3) is 0 Å². The Morgan fingerprint density at radius 1 is 1.33 bits per heavy atom. The number of nitrogens with two attached hydrogens (primary N) is 1. The molecule has 2 nitrogen and oxygen atoms in total. The molecule has 0 heterocycles. The standard InChI is InChI=1S/C12H19FN2/c1-15(2)12(8-5-9-14)10-6-3-4-7-11(10)13/h3-4,6-7,12H,5,8-9,14H2,1-2H3. The molecular weight excluding hydrogens is 191 g/mol. The third kappa shape index (κ3) is 3.29. The van der Waals surface area contributed by atoms with Crippen molar-refractivity contribution < 1.29 is 4.39 Å². The fourth-order valence-corrected chi connectivity index (χ4v) is 1.75. The van der Waals surface area contributed by atoms with Gasteiger partial charge in [-0.1, -0.05) is 18.2 Å². The second-order valence-electron chi connectivity index (χ2n) is 3.93. The lowest BCUT2D eigenvalue weighted by atomic mass is 10.0. The van der Waals surface area contributed by atoms with E-state index in [-0.39, 0.29) is 11.9 Å². The summed E-state index contributed by atoms with van der Waals surface area (Å²) in [7, 11) is 3.93. The Hall–Kier alpha value is -0.930. The summed E-state index contributed by atoms with van der Waals surface area (Å²) in [4.78, 5) is 2.04. The summed E-state index contributed by atoms with van der Waals surface area (Å²) >= 11 is 0. The number of rotatable bonds is 5. The van der Waals surface area contributed by atoms with E-state index in [0.717, 1.165) is 18.4 Å². The van der Waals surface area contributed by atoms with Crippen molar-refractivity contribution >= 4 is 0 Å². The smallest absolute Gasteiger partial charge is 0.127 e.